The molecule has 0 unspecified atom stereocenters. The summed E-state index contributed by atoms with van der Waals surface area (Å²) in [5.41, 5.74) is 2.55. The number of methoxy groups -OCH3 is 1. The molecule has 156 valence electrons. The zero-order valence-corrected chi connectivity index (χ0v) is 16.7. The quantitative estimate of drug-likeness (QED) is 0.457. The fraction of sp³-hybridized carbons (Fsp3) is 0.136. The number of aromatic nitrogens is 3. The van der Waals surface area contributed by atoms with Crippen molar-refractivity contribution in [2.24, 2.45) is 0 Å². The Kier molecular flexibility index (Phi) is 4.97. The third kappa shape index (κ3) is 4.06. The van der Waals surface area contributed by atoms with E-state index in [1.807, 2.05) is 54.6 Å². The van der Waals surface area contributed by atoms with Gasteiger partial charge in [0.25, 0.3) is 5.89 Å². The van der Waals surface area contributed by atoms with Gasteiger partial charge < -0.3 is 29.3 Å². The Morgan fingerprint density at radius 1 is 1.00 bits per heavy atom. The number of anilines is 3. The highest BCUT2D eigenvalue weighted by molar-refractivity contribution is 5.69. The third-order valence-electron chi connectivity index (χ3n) is 4.71. The van der Waals surface area contributed by atoms with E-state index in [-0.39, 0.29) is 12.8 Å². The fourth-order valence-electron chi connectivity index (χ4n) is 3.13. The van der Waals surface area contributed by atoms with Crippen molar-refractivity contribution < 1.29 is 18.6 Å². The summed E-state index contributed by atoms with van der Waals surface area (Å²) >= 11 is 0. The standard InChI is InChI=1S/C22H19N5O4/c1-28-16-7-4-14(5-8-16)12-24-20-17(3-2-10-23-20)21-26-27-22(31-21)25-15-6-9-18-19(11-15)30-13-29-18/h2-11H,12-13H2,1H3,(H,23,24)(H,25,27). The van der Waals surface area contributed by atoms with Crippen molar-refractivity contribution in [3.63, 3.8) is 0 Å². The highest BCUT2D eigenvalue weighted by Crippen LogP contribution is 2.35. The Hall–Kier alpha value is -4.27. The molecule has 0 spiro atoms. The van der Waals surface area contributed by atoms with Crippen molar-refractivity contribution in [1.82, 2.24) is 15.2 Å². The summed E-state index contributed by atoms with van der Waals surface area (Å²) in [5.74, 6) is 3.20. The first-order valence-corrected chi connectivity index (χ1v) is 9.61. The van der Waals surface area contributed by atoms with Crippen molar-refractivity contribution in [1.29, 1.82) is 0 Å². The van der Waals surface area contributed by atoms with Crippen molar-refractivity contribution in [2.75, 3.05) is 24.5 Å². The Balaban J connectivity index is 1.31. The van der Waals surface area contributed by atoms with Crippen molar-refractivity contribution in [2.45, 2.75) is 6.54 Å². The minimum absolute atomic E-state index is 0.219. The van der Waals surface area contributed by atoms with Gasteiger partial charge in [0.05, 0.1) is 12.7 Å². The molecule has 1 aliphatic rings. The number of nitrogens with zero attached hydrogens (tertiary/aromatic N) is 3. The molecule has 0 saturated carbocycles. The average Bonchev–Trinajstić information content (AvgIpc) is 3.47. The van der Waals surface area contributed by atoms with Crippen molar-refractivity contribution >= 4 is 17.5 Å². The van der Waals surface area contributed by atoms with Gasteiger partial charge in [-0.25, -0.2) is 4.98 Å². The summed E-state index contributed by atoms with van der Waals surface area (Å²) < 4.78 is 21.7. The van der Waals surface area contributed by atoms with E-state index < -0.39 is 0 Å². The summed E-state index contributed by atoms with van der Waals surface area (Å²) in [5, 5.41) is 14.7. The lowest BCUT2D eigenvalue weighted by Gasteiger charge is -2.09. The second kappa shape index (κ2) is 8.23. The molecular weight excluding hydrogens is 398 g/mol. The van der Waals surface area contributed by atoms with E-state index >= 15 is 0 Å². The molecule has 3 heterocycles. The van der Waals surface area contributed by atoms with Gasteiger partial charge in [-0.1, -0.05) is 17.2 Å². The van der Waals surface area contributed by atoms with E-state index in [1.165, 1.54) is 0 Å². The molecule has 2 N–H and O–H groups in total. The van der Waals surface area contributed by atoms with Gasteiger partial charge >= 0.3 is 6.01 Å². The number of ether oxygens (including phenoxy) is 3. The molecule has 4 aromatic rings. The highest BCUT2D eigenvalue weighted by Gasteiger charge is 2.16. The Morgan fingerprint density at radius 2 is 1.87 bits per heavy atom. The van der Waals surface area contributed by atoms with Crippen LogP contribution in [0.4, 0.5) is 17.5 Å². The van der Waals surface area contributed by atoms with Crippen molar-refractivity contribution in [3.8, 4) is 28.7 Å². The van der Waals surface area contributed by atoms with Gasteiger partial charge in [0.2, 0.25) is 6.79 Å². The molecule has 0 atom stereocenters. The maximum absolute atomic E-state index is 5.81. The van der Waals surface area contributed by atoms with Crippen LogP contribution in [0.2, 0.25) is 0 Å². The molecule has 2 aromatic carbocycles. The number of hydrogen-bond donors (Lipinski definition) is 2. The SMILES string of the molecule is COc1ccc(CNc2ncccc2-c2nnc(Nc3ccc4c(c3)OCO4)o2)cc1. The lowest BCUT2D eigenvalue weighted by atomic mass is 10.2. The second-order valence-corrected chi connectivity index (χ2v) is 6.71. The van der Waals surface area contributed by atoms with E-state index in [0.29, 0.717) is 35.3 Å². The Bertz CT molecular complexity index is 1190. The lowest BCUT2D eigenvalue weighted by molar-refractivity contribution is 0.174. The first-order valence-electron chi connectivity index (χ1n) is 9.61. The first kappa shape index (κ1) is 18.7. The van der Waals surface area contributed by atoms with Gasteiger partial charge in [0.15, 0.2) is 11.5 Å². The summed E-state index contributed by atoms with van der Waals surface area (Å²) in [6.45, 7) is 0.807. The Morgan fingerprint density at radius 3 is 2.74 bits per heavy atom. The molecule has 31 heavy (non-hydrogen) atoms. The number of pyridine rings is 1. The van der Waals surface area contributed by atoms with Gasteiger partial charge in [0, 0.05) is 24.5 Å². The van der Waals surface area contributed by atoms with Gasteiger partial charge in [-0.15, -0.1) is 5.10 Å². The number of hydrogen-bond acceptors (Lipinski definition) is 9. The molecule has 9 nitrogen and oxygen atoms in total. The summed E-state index contributed by atoms with van der Waals surface area (Å²) in [7, 11) is 1.65. The first-order chi connectivity index (χ1) is 15.3. The summed E-state index contributed by atoms with van der Waals surface area (Å²) in [4.78, 5) is 4.42. The van der Waals surface area contributed by atoms with Gasteiger partial charge in [-0.2, -0.15) is 0 Å². The normalized spacial score (nSPS) is 11.9. The zero-order chi connectivity index (χ0) is 21.0. The van der Waals surface area contributed by atoms with Crippen LogP contribution in [0, 0.1) is 0 Å². The maximum atomic E-state index is 5.81. The van der Waals surface area contributed by atoms with E-state index in [9.17, 15) is 0 Å². The van der Waals surface area contributed by atoms with Crippen LogP contribution in [0.25, 0.3) is 11.5 Å². The zero-order valence-electron chi connectivity index (χ0n) is 16.7. The lowest BCUT2D eigenvalue weighted by Crippen LogP contribution is -2.03. The van der Waals surface area contributed by atoms with Crippen LogP contribution in [0.15, 0.2) is 65.2 Å². The summed E-state index contributed by atoms with van der Waals surface area (Å²) in [6, 6.07) is 17.3. The number of rotatable bonds is 7. The molecule has 1 aliphatic heterocycles. The minimum Gasteiger partial charge on any atom is -0.497 e. The van der Waals surface area contributed by atoms with Crippen molar-refractivity contribution in [3.05, 3.63) is 66.4 Å². The van der Waals surface area contributed by atoms with Crippen LogP contribution in [-0.2, 0) is 6.54 Å². The third-order valence-corrected chi connectivity index (χ3v) is 4.71. The molecule has 9 heteroatoms. The highest BCUT2D eigenvalue weighted by atomic mass is 16.7. The molecule has 0 saturated heterocycles. The molecule has 5 rings (SSSR count). The van der Waals surface area contributed by atoms with E-state index in [0.717, 1.165) is 17.0 Å². The second-order valence-electron chi connectivity index (χ2n) is 6.71. The van der Waals surface area contributed by atoms with E-state index in [2.05, 4.69) is 25.8 Å². The topological polar surface area (TPSA) is 104 Å². The number of nitrogens with one attached hydrogen (secondary N) is 2. The predicted molar refractivity (Wildman–Crippen MR) is 114 cm³/mol. The average molecular weight is 417 g/mol. The predicted octanol–water partition coefficient (Wildman–Crippen LogP) is 4.22. The summed E-state index contributed by atoms with van der Waals surface area (Å²) in [6.07, 6.45) is 1.71. The van der Waals surface area contributed by atoms with Crippen LogP contribution >= 0.6 is 0 Å². The molecule has 0 fully saturated rings. The molecule has 0 aliphatic carbocycles. The van der Waals surface area contributed by atoms with Gasteiger partial charge in [0.1, 0.15) is 11.6 Å². The molecule has 0 amide bonds. The van der Waals surface area contributed by atoms with Crippen LogP contribution in [0.3, 0.4) is 0 Å². The minimum atomic E-state index is 0.219. The largest absolute Gasteiger partial charge is 0.497 e. The van der Waals surface area contributed by atoms with E-state index in [1.54, 1.807) is 13.3 Å². The fourth-order valence-corrected chi connectivity index (χ4v) is 3.13. The molecule has 0 radical (unpaired) electrons. The smallest absolute Gasteiger partial charge is 0.320 e. The molecule has 2 aromatic heterocycles. The van der Waals surface area contributed by atoms with Crippen LogP contribution in [0.1, 0.15) is 5.56 Å². The monoisotopic (exact) mass is 417 g/mol. The number of fused-ring (bicyclic) bond motifs is 1. The van der Waals surface area contributed by atoms with Gasteiger partial charge in [-0.05, 0) is 42.0 Å². The number of benzene rings is 2. The van der Waals surface area contributed by atoms with Gasteiger partial charge in [-0.3, -0.25) is 0 Å². The van der Waals surface area contributed by atoms with Crippen LogP contribution in [-0.4, -0.2) is 29.1 Å². The Labute approximate surface area is 178 Å². The molecular formula is C22H19N5O4. The van der Waals surface area contributed by atoms with Crippen LogP contribution < -0.4 is 24.8 Å². The van der Waals surface area contributed by atoms with E-state index in [4.69, 9.17) is 18.6 Å². The maximum Gasteiger partial charge on any atom is 0.320 e. The van der Waals surface area contributed by atoms with Crippen LogP contribution in [0.5, 0.6) is 17.2 Å². The molecule has 0 bridgehead atoms.